The highest BCUT2D eigenvalue weighted by atomic mass is 35.5. The Labute approximate surface area is 211 Å². The van der Waals surface area contributed by atoms with Crippen molar-refractivity contribution in [2.24, 2.45) is 0 Å². The number of carbonyl (C=O) groups excluding carboxylic acids is 1. The van der Waals surface area contributed by atoms with Gasteiger partial charge in [0.15, 0.2) is 0 Å². The first kappa shape index (κ1) is 24.1. The molecule has 8 heteroatoms. The van der Waals surface area contributed by atoms with E-state index in [0.29, 0.717) is 12.6 Å². The summed E-state index contributed by atoms with van der Waals surface area (Å²) in [7, 11) is 3.98. The number of likely N-dealkylation sites (tertiary alicyclic amines) is 1. The topological polar surface area (TPSA) is 35.0 Å². The zero-order valence-corrected chi connectivity index (χ0v) is 21.2. The summed E-state index contributed by atoms with van der Waals surface area (Å²) >= 11 is 6.38. The summed E-state index contributed by atoms with van der Waals surface area (Å²) < 4.78 is 15.6. The van der Waals surface area contributed by atoms with Gasteiger partial charge in [0.05, 0.1) is 12.2 Å². The normalized spacial score (nSPS) is 17.9. The van der Waals surface area contributed by atoms with E-state index in [0.717, 1.165) is 68.3 Å². The van der Waals surface area contributed by atoms with E-state index in [1.807, 2.05) is 53.1 Å². The molecule has 0 unspecified atom stereocenters. The molecule has 0 saturated carbocycles. The number of urea groups is 1. The van der Waals surface area contributed by atoms with Crippen LogP contribution in [0, 0.1) is 5.82 Å². The Morgan fingerprint density at radius 3 is 2.40 bits per heavy atom. The van der Waals surface area contributed by atoms with Crippen molar-refractivity contribution in [3.05, 3.63) is 65.1 Å². The van der Waals surface area contributed by atoms with E-state index in [9.17, 15) is 9.18 Å². The number of fused-ring (bicyclic) bond motifs is 1. The van der Waals surface area contributed by atoms with Crippen LogP contribution < -0.4 is 0 Å². The van der Waals surface area contributed by atoms with Crippen LogP contribution in [0.15, 0.2) is 48.7 Å². The number of aromatic nitrogens is 1. The number of amides is 2. The monoisotopic (exact) mass is 497 g/mol. The van der Waals surface area contributed by atoms with Gasteiger partial charge in [-0.15, -0.1) is 0 Å². The molecule has 0 atom stereocenters. The van der Waals surface area contributed by atoms with Crippen molar-refractivity contribution < 1.29 is 9.18 Å². The first-order chi connectivity index (χ1) is 16.9. The predicted octanol–water partition coefficient (Wildman–Crippen LogP) is 4.86. The fourth-order valence-electron chi connectivity index (χ4n) is 5.41. The Hall–Kier alpha value is -2.61. The molecule has 2 aromatic carbocycles. The molecular weight excluding hydrogens is 465 g/mol. The summed E-state index contributed by atoms with van der Waals surface area (Å²) in [6, 6.07) is 12.8. The number of nitrogens with zero attached hydrogens (tertiary/aromatic N) is 5. The summed E-state index contributed by atoms with van der Waals surface area (Å²) in [5, 5.41) is 1.90. The molecule has 0 aliphatic carbocycles. The molecule has 2 aliphatic heterocycles. The quantitative estimate of drug-likeness (QED) is 0.467. The van der Waals surface area contributed by atoms with Gasteiger partial charge in [0.2, 0.25) is 0 Å². The van der Waals surface area contributed by atoms with Crippen LogP contribution in [0.2, 0.25) is 5.02 Å². The maximum atomic E-state index is 13.5. The van der Waals surface area contributed by atoms with E-state index in [1.54, 1.807) is 0 Å². The van der Waals surface area contributed by atoms with Gasteiger partial charge in [-0.25, -0.2) is 9.18 Å². The van der Waals surface area contributed by atoms with Crippen molar-refractivity contribution in [3.8, 4) is 5.69 Å². The lowest BCUT2D eigenvalue weighted by Gasteiger charge is -2.33. The SMILES string of the molecule is CN(C)CN1CCN(CCN2CCC(c3cn(-c4ccc(F)cc4)c4ccc(Cl)cc34)CC2)C1=O. The fourth-order valence-corrected chi connectivity index (χ4v) is 5.58. The number of benzene rings is 2. The Balaban J connectivity index is 1.24. The molecule has 0 radical (unpaired) electrons. The van der Waals surface area contributed by atoms with Gasteiger partial charge in [0, 0.05) is 48.5 Å². The van der Waals surface area contributed by atoms with E-state index in [-0.39, 0.29) is 11.8 Å². The van der Waals surface area contributed by atoms with Gasteiger partial charge in [-0.05, 0) is 94.0 Å². The lowest BCUT2D eigenvalue weighted by atomic mass is 9.89. The molecule has 3 aromatic rings. The van der Waals surface area contributed by atoms with Crippen LogP contribution in [0.3, 0.4) is 0 Å². The van der Waals surface area contributed by atoms with Gasteiger partial charge in [0.25, 0.3) is 0 Å². The summed E-state index contributed by atoms with van der Waals surface area (Å²) in [6.07, 6.45) is 4.34. The minimum absolute atomic E-state index is 0.152. The largest absolute Gasteiger partial charge is 0.322 e. The molecule has 0 bridgehead atoms. The third-order valence-corrected chi connectivity index (χ3v) is 7.49. The first-order valence-electron chi connectivity index (χ1n) is 12.4. The van der Waals surface area contributed by atoms with Crippen LogP contribution in [0.1, 0.15) is 24.3 Å². The Morgan fingerprint density at radius 1 is 0.971 bits per heavy atom. The number of hydrogen-bond acceptors (Lipinski definition) is 3. The van der Waals surface area contributed by atoms with Crippen LogP contribution in [-0.2, 0) is 0 Å². The van der Waals surface area contributed by atoms with Gasteiger partial charge in [-0.2, -0.15) is 0 Å². The molecule has 2 fully saturated rings. The molecule has 0 N–H and O–H groups in total. The number of halogens is 2. The van der Waals surface area contributed by atoms with Crippen LogP contribution in [0.5, 0.6) is 0 Å². The molecule has 35 heavy (non-hydrogen) atoms. The maximum absolute atomic E-state index is 13.5. The lowest BCUT2D eigenvalue weighted by molar-refractivity contribution is 0.159. The minimum Gasteiger partial charge on any atom is -0.322 e. The zero-order valence-electron chi connectivity index (χ0n) is 20.5. The van der Waals surface area contributed by atoms with Crippen LogP contribution in [-0.4, -0.2) is 90.2 Å². The lowest BCUT2D eigenvalue weighted by Crippen LogP contribution is -2.42. The van der Waals surface area contributed by atoms with Gasteiger partial charge in [-0.1, -0.05) is 11.6 Å². The number of rotatable bonds is 7. The number of hydrogen-bond donors (Lipinski definition) is 0. The van der Waals surface area contributed by atoms with E-state index >= 15 is 0 Å². The Morgan fingerprint density at radius 2 is 1.69 bits per heavy atom. The molecular formula is C27H33ClFN5O. The van der Waals surface area contributed by atoms with Crippen molar-refractivity contribution >= 4 is 28.5 Å². The summed E-state index contributed by atoms with van der Waals surface area (Å²) in [4.78, 5) is 21.0. The molecule has 6 nitrogen and oxygen atoms in total. The van der Waals surface area contributed by atoms with E-state index in [1.165, 1.54) is 23.1 Å². The number of piperidine rings is 1. The average molecular weight is 498 g/mol. The molecule has 2 aliphatic rings. The Kier molecular flexibility index (Phi) is 7.00. The predicted molar refractivity (Wildman–Crippen MR) is 139 cm³/mol. The smallest absolute Gasteiger partial charge is 0.321 e. The highest BCUT2D eigenvalue weighted by Crippen LogP contribution is 2.37. The van der Waals surface area contributed by atoms with Crippen LogP contribution in [0.25, 0.3) is 16.6 Å². The van der Waals surface area contributed by atoms with Crippen molar-refractivity contribution in [3.63, 3.8) is 0 Å². The summed E-state index contributed by atoms with van der Waals surface area (Å²) in [6.45, 7) is 6.02. The molecule has 2 saturated heterocycles. The molecule has 1 aromatic heterocycles. The van der Waals surface area contributed by atoms with E-state index in [2.05, 4.69) is 21.7 Å². The van der Waals surface area contributed by atoms with Crippen LogP contribution in [0.4, 0.5) is 9.18 Å². The molecule has 2 amide bonds. The summed E-state index contributed by atoms with van der Waals surface area (Å²) in [5.74, 6) is 0.208. The van der Waals surface area contributed by atoms with Crippen molar-refractivity contribution in [2.75, 3.05) is 60.0 Å². The van der Waals surface area contributed by atoms with Crippen molar-refractivity contribution in [1.29, 1.82) is 0 Å². The van der Waals surface area contributed by atoms with E-state index in [4.69, 9.17) is 11.6 Å². The third kappa shape index (κ3) is 5.17. The fraction of sp³-hybridized carbons (Fsp3) is 0.444. The highest BCUT2D eigenvalue weighted by Gasteiger charge is 2.29. The second-order valence-electron chi connectivity index (χ2n) is 9.96. The standard InChI is InChI=1S/C27H33ClFN5O/c1-30(2)19-33-16-15-32(27(33)35)14-13-31-11-9-20(10-12-31)25-18-34(23-6-4-22(29)5-7-23)26-8-3-21(28)17-24(25)26/h3-8,17-18,20H,9-16,19H2,1-2H3. The third-order valence-electron chi connectivity index (χ3n) is 7.25. The molecule has 3 heterocycles. The van der Waals surface area contributed by atoms with Crippen molar-refractivity contribution in [1.82, 2.24) is 24.2 Å². The highest BCUT2D eigenvalue weighted by molar-refractivity contribution is 6.31. The number of carbonyl (C=O) groups is 1. The molecule has 0 spiro atoms. The minimum atomic E-state index is -0.234. The molecule has 5 rings (SSSR count). The Bertz CT molecular complexity index is 1190. The van der Waals surface area contributed by atoms with Gasteiger partial charge in [0.1, 0.15) is 5.82 Å². The summed E-state index contributed by atoms with van der Waals surface area (Å²) in [5.41, 5.74) is 3.34. The maximum Gasteiger partial charge on any atom is 0.321 e. The second kappa shape index (κ2) is 10.2. The zero-order chi connectivity index (χ0) is 24.5. The first-order valence-corrected chi connectivity index (χ1v) is 12.7. The van der Waals surface area contributed by atoms with Gasteiger partial charge in [-0.3, -0.25) is 4.90 Å². The molecule has 186 valence electrons. The van der Waals surface area contributed by atoms with Gasteiger partial charge >= 0.3 is 6.03 Å². The van der Waals surface area contributed by atoms with E-state index < -0.39 is 0 Å². The van der Waals surface area contributed by atoms with Gasteiger partial charge < -0.3 is 19.3 Å². The average Bonchev–Trinajstić information content (AvgIpc) is 3.38. The van der Waals surface area contributed by atoms with Crippen LogP contribution >= 0.6 is 11.6 Å². The van der Waals surface area contributed by atoms with Crippen molar-refractivity contribution in [2.45, 2.75) is 18.8 Å². The second-order valence-corrected chi connectivity index (χ2v) is 10.4.